The maximum atomic E-state index is 6.15. The van der Waals surface area contributed by atoms with Crippen LogP contribution in [0.4, 0.5) is 5.82 Å². The van der Waals surface area contributed by atoms with Crippen molar-refractivity contribution in [1.29, 1.82) is 0 Å². The van der Waals surface area contributed by atoms with E-state index >= 15 is 0 Å². The fourth-order valence-electron chi connectivity index (χ4n) is 2.04. The van der Waals surface area contributed by atoms with E-state index in [4.69, 9.17) is 27.7 Å². The summed E-state index contributed by atoms with van der Waals surface area (Å²) in [6, 6.07) is 7.30. The number of hydrogen-bond acceptors (Lipinski definition) is 5. The summed E-state index contributed by atoms with van der Waals surface area (Å²) in [5.41, 5.74) is 1.72. The molecule has 3 aromatic heterocycles. The Bertz CT molecular complexity index is 776. The second kappa shape index (κ2) is 6.34. The quantitative estimate of drug-likeness (QED) is 0.719. The molecule has 0 aromatic carbocycles. The third kappa shape index (κ3) is 3.21. The molecule has 5 nitrogen and oxygen atoms in total. The molecule has 0 aliphatic rings. The molecule has 22 heavy (non-hydrogen) atoms. The minimum atomic E-state index is 0.490. The zero-order valence-corrected chi connectivity index (χ0v) is 13.2. The van der Waals surface area contributed by atoms with E-state index < -0.39 is 0 Å². The molecule has 0 saturated heterocycles. The van der Waals surface area contributed by atoms with Crippen molar-refractivity contribution in [3.63, 3.8) is 0 Å². The smallest absolute Gasteiger partial charge is 0.156 e. The maximum Gasteiger partial charge on any atom is 0.156 e. The molecular formula is C15H12Cl2N4O. The Morgan fingerprint density at radius 2 is 1.95 bits per heavy atom. The molecule has 0 saturated carbocycles. The number of anilines is 1. The number of hydrogen-bond donors (Lipinski definition) is 0. The predicted molar refractivity (Wildman–Crippen MR) is 86.1 cm³/mol. The molecule has 112 valence electrons. The van der Waals surface area contributed by atoms with Gasteiger partial charge in [-0.25, -0.2) is 4.98 Å². The van der Waals surface area contributed by atoms with Crippen LogP contribution in [0.1, 0.15) is 5.76 Å². The van der Waals surface area contributed by atoms with Gasteiger partial charge < -0.3 is 9.42 Å². The van der Waals surface area contributed by atoms with Gasteiger partial charge in [-0.05, 0) is 18.2 Å². The highest BCUT2D eigenvalue weighted by Crippen LogP contribution is 2.27. The third-order valence-electron chi connectivity index (χ3n) is 3.08. The Morgan fingerprint density at radius 1 is 1.18 bits per heavy atom. The van der Waals surface area contributed by atoms with E-state index in [1.807, 2.05) is 30.1 Å². The number of nitrogens with zero attached hydrogens (tertiary/aromatic N) is 4. The first-order chi connectivity index (χ1) is 10.6. The molecular weight excluding hydrogens is 323 g/mol. The van der Waals surface area contributed by atoms with Gasteiger partial charge in [0.1, 0.15) is 11.5 Å². The highest BCUT2D eigenvalue weighted by molar-refractivity contribution is 6.35. The molecule has 0 bridgehead atoms. The standard InChI is InChI=1S/C15H12Cl2N4O/c1-21(15-13(17)6-11(16)8-19-15)9-12-7-14(20-22-12)10-2-4-18-5-3-10/h2-8H,9H2,1H3. The average molecular weight is 335 g/mol. The second-order valence-corrected chi connectivity index (χ2v) is 5.57. The summed E-state index contributed by atoms with van der Waals surface area (Å²) in [4.78, 5) is 10.1. The molecule has 0 unspecified atom stereocenters. The maximum absolute atomic E-state index is 6.15. The molecule has 3 rings (SSSR count). The molecule has 0 amide bonds. The van der Waals surface area contributed by atoms with Crippen molar-refractivity contribution < 1.29 is 4.52 Å². The summed E-state index contributed by atoms with van der Waals surface area (Å²) >= 11 is 12.0. The summed E-state index contributed by atoms with van der Waals surface area (Å²) in [6.07, 6.45) is 4.99. The van der Waals surface area contributed by atoms with Crippen LogP contribution in [0.2, 0.25) is 10.0 Å². The predicted octanol–water partition coefficient (Wildman–Crippen LogP) is 4.07. The average Bonchev–Trinajstić information content (AvgIpc) is 2.96. The first-order valence-electron chi connectivity index (χ1n) is 6.51. The number of halogens is 2. The summed E-state index contributed by atoms with van der Waals surface area (Å²) in [7, 11) is 1.87. The molecule has 7 heteroatoms. The topological polar surface area (TPSA) is 55.1 Å². The van der Waals surface area contributed by atoms with Crippen LogP contribution in [-0.2, 0) is 6.54 Å². The van der Waals surface area contributed by atoms with Crippen LogP contribution < -0.4 is 4.90 Å². The molecule has 0 spiro atoms. The molecule has 3 heterocycles. The van der Waals surface area contributed by atoms with Gasteiger partial charge in [0.15, 0.2) is 5.76 Å². The van der Waals surface area contributed by atoms with E-state index in [0.29, 0.717) is 28.2 Å². The van der Waals surface area contributed by atoms with Gasteiger partial charge in [0.05, 0.1) is 16.6 Å². The van der Waals surface area contributed by atoms with Crippen molar-refractivity contribution in [3.05, 3.63) is 58.7 Å². The van der Waals surface area contributed by atoms with Gasteiger partial charge in [0.2, 0.25) is 0 Å². The fourth-order valence-corrected chi connectivity index (χ4v) is 2.57. The van der Waals surface area contributed by atoms with Gasteiger partial charge in [-0.2, -0.15) is 0 Å². The van der Waals surface area contributed by atoms with Crippen molar-refractivity contribution >= 4 is 29.0 Å². The monoisotopic (exact) mass is 334 g/mol. The molecule has 0 aliphatic carbocycles. The third-order valence-corrected chi connectivity index (χ3v) is 3.56. The van der Waals surface area contributed by atoms with E-state index in [9.17, 15) is 0 Å². The van der Waals surface area contributed by atoms with Crippen molar-refractivity contribution in [2.75, 3.05) is 11.9 Å². The normalized spacial score (nSPS) is 10.7. The zero-order chi connectivity index (χ0) is 15.5. The molecule has 3 aromatic rings. The zero-order valence-electron chi connectivity index (χ0n) is 11.7. The van der Waals surface area contributed by atoms with E-state index in [0.717, 1.165) is 11.3 Å². The van der Waals surface area contributed by atoms with Crippen LogP contribution in [0.25, 0.3) is 11.3 Å². The second-order valence-electron chi connectivity index (χ2n) is 4.73. The van der Waals surface area contributed by atoms with Gasteiger partial charge in [0.25, 0.3) is 0 Å². The highest BCUT2D eigenvalue weighted by atomic mass is 35.5. The van der Waals surface area contributed by atoms with Crippen molar-refractivity contribution in [3.8, 4) is 11.3 Å². The lowest BCUT2D eigenvalue weighted by Crippen LogP contribution is -2.17. The van der Waals surface area contributed by atoms with Crippen LogP contribution in [0, 0.1) is 0 Å². The highest BCUT2D eigenvalue weighted by Gasteiger charge is 2.13. The Morgan fingerprint density at radius 3 is 2.68 bits per heavy atom. The van der Waals surface area contributed by atoms with Gasteiger partial charge in [-0.3, -0.25) is 4.98 Å². The lowest BCUT2D eigenvalue weighted by Gasteiger charge is -2.17. The van der Waals surface area contributed by atoms with Crippen LogP contribution in [0.3, 0.4) is 0 Å². The van der Waals surface area contributed by atoms with Crippen LogP contribution >= 0.6 is 23.2 Å². The first kappa shape index (κ1) is 14.8. The molecule has 0 N–H and O–H groups in total. The number of pyridine rings is 2. The lowest BCUT2D eigenvalue weighted by atomic mass is 10.2. The Hall–Kier alpha value is -2.11. The molecule has 0 aliphatic heterocycles. The SMILES string of the molecule is CN(Cc1cc(-c2ccncc2)no1)c1ncc(Cl)cc1Cl. The summed E-state index contributed by atoms with van der Waals surface area (Å²) in [5.74, 6) is 1.34. The van der Waals surface area contributed by atoms with Gasteiger partial charge >= 0.3 is 0 Å². The van der Waals surface area contributed by atoms with E-state index in [1.54, 1.807) is 24.7 Å². The van der Waals surface area contributed by atoms with E-state index in [-0.39, 0.29) is 0 Å². The van der Waals surface area contributed by atoms with Gasteiger partial charge in [-0.1, -0.05) is 28.4 Å². The van der Waals surface area contributed by atoms with Crippen molar-refractivity contribution in [1.82, 2.24) is 15.1 Å². The number of aromatic nitrogens is 3. The lowest BCUT2D eigenvalue weighted by molar-refractivity contribution is 0.385. The van der Waals surface area contributed by atoms with E-state index in [2.05, 4.69) is 15.1 Å². The minimum Gasteiger partial charge on any atom is -0.359 e. The van der Waals surface area contributed by atoms with Gasteiger partial charge in [0, 0.05) is 37.3 Å². The summed E-state index contributed by atoms with van der Waals surface area (Å²) in [6.45, 7) is 0.492. The van der Waals surface area contributed by atoms with Crippen LogP contribution in [-0.4, -0.2) is 22.2 Å². The van der Waals surface area contributed by atoms with Crippen molar-refractivity contribution in [2.24, 2.45) is 0 Å². The van der Waals surface area contributed by atoms with Crippen LogP contribution in [0.15, 0.2) is 47.4 Å². The summed E-state index contributed by atoms with van der Waals surface area (Å²) < 4.78 is 5.37. The Balaban J connectivity index is 1.77. The van der Waals surface area contributed by atoms with Gasteiger partial charge in [-0.15, -0.1) is 0 Å². The van der Waals surface area contributed by atoms with E-state index in [1.165, 1.54) is 0 Å². The Kier molecular flexibility index (Phi) is 4.27. The first-order valence-corrected chi connectivity index (χ1v) is 7.27. The molecule has 0 atom stereocenters. The fraction of sp³-hybridized carbons (Fsp3) is 0.133. The number of rotatable bonds is 4. The van der Waals surface area contributed by atoms with Crippen LogP contribution in [0.5, 0.6) is 0 Å². The Labute approximate surface area is 137 Å². The summed E-state index contributed by atoms with van der Waals surface area (Å²) in [5, 5.41) is 5.06. The largest absolute Gasteiger partial charge is 0.359 e. The molecule has 0 radical (unpaired) electrons. The van der Waals surface area contributed by atoms with Crippen molar-refractivity contribution in [2.45, 2.75) is 6.54 Å². The molecule has 0 fully saturated rings. The minimum absolute atomic E-state index is 0.490.